The van der Waals surface area contributed by atoms with E-state index in [4.69, 9.17) is 15.9 Å². The van der Waals surface area contributed by atoms with Crippen molar-refractivity contribution in [2.24, 2.45) is 0 Å². The highest BCUT2D eigenvalue weighted by Gasteiger charge is 2.20. The van der Waals surface area contributed by atoms with Crippen LogP contribution in [0, 0.1) is 19.3 Å². The molecule has 30 heavy (non-hydrogen) atoms. The number of likely N-dealkylation sites (tertiary alicyclic amines) is 1. The van der Waals surface area contributed by atoms with Gasteiger partial charge in [-0.25, -0.2) is 0 Å². The summed E-state index contributed by atoms with van der Waals surface area (Å²) in [5.41, 5.74) is 3.31. The summed E-state index contributed by atoms with van der Waals surface area (Å²) in [5, 5.41) is 21.5. The Kier molecular flexibility index (Phi) is 8.03. The van der Waals surface area contributed by atoms with Gasteiger partial charge in [-0.15, -0.1) is 16.6 Å². The van der Waals surface area contributed by atoms with Crippen LogP contribution in [0.1, 0.15) is 30.9 Å². The van der Waals surface area contributed by atoms with Crippen LogP contribution < -0.4 is 10.1 Å². The smallest absolute Gasteiger partial charge is 0.189 e. The SMILES string of the molecule is C#Cc1ccc(-c2nnc(NC3CCCN(CCO)C3)cc2C)c(OCOCC)c1. The molecule has 1 fully saturated rings. The largest absolute Gasteiger partial charge is 0.467 e. The van der Waals surface area contributed by atoms with Gasteiger partial charge in [0.25, 0.3) is 0 Å². The highest BCUT2D eigenvalue weighted by molar-refractivity contribution is 5.71. The van der Waals surface area contributed by atoms with Crippen LogP contribution in [-0.4, -0.2) is 65.9 Å². The van der Waals surface area contributed by atoms with E-state index in [0.717, 1.165) is 54.1 Å². The normalized spacial score (nSPS) is 16.8. The molecule has 160 valence electrons. The summed E-state index contributed by atoms with van der Waals surface area (Å²) in [5.74, 6) is 4.01. The quantitative estimate of drug-likeness (QED) is 0.374. The number of nitrogens with zero attached hydrogens (tertiary/aromatic N) is 3. The number of aliphatic hydroxyl groups excluding tert-OH is 1. The molecule has 1 aliphatic heterocycles. The lowest BCUT2D eigenvalue weighted by molar-refractivity contribution is 0.0227. The summed E-state index contributed by atoms with van der Waals surface area (Å²) in [6.07, 6.45) is 7.72. The third-order valence-corrected chi connectivity index (χ3v) is 5.16. The van der Waals surface area contributed by atoms with Gasteiger partial charge < -0.3 is 19.9 Å². The Morgan fingerprint density at radius 1 is 1.33 bits per heavy atom. The topological polar surface area (TPSA) is 79.7 Å². The van der Waals surface area contributed by atoms with Gasteiger partial charge in [0.05, 0.1) is 12.3 Å². The Morgan fingerprint density at radius 3 is 2.93 bits per heavy atom. The number of terminal acetylenes is 1. The van der Waals surface area contributed by atoms with E-state index in [0.29, 0.717) is 24.9 Å². The number of hydrogen-bond donors (Lipinski definition) is 2. The molecular weight excluding hydrogens is 380 g/mol. The predicted molar refractivity (Wildman–Crippen MR) is 117 cm³/mol. The van der Waals surface area contributed by atoms with Crippen molar-refractivity contribution in [2.75, 3.05) is 45.0 Å². The average molecular weight is 411 g/mol. The average Bonchev–Trinajstić information content (AvgIpc) is 2.75. The van der Waals surface area contributed by atoms with Crippen LogP contribution in [0.15, 0.2) is 24.3 Å². The van der Waals surface area contributed by atoms with Crippen molar-refractivity contribution in [2.45, 2.75) is 32.7 Å². The van der Waals surface area contributed by atoms with Crippen molar-refractivity contribution in [3.05, 3.63) is 35.4 Å². The van der Waals surface area contributed by atoms with Crippen LogP contribution in [-0.2, 0) is 4.74 Å². The summed E-state index contributed by atoms with van der Waals surface area (Å²) in [4.78, 5) is 2.27. The maximum atomic E-state index is 9.18. The minimum absolute atomic E-state index is 0.148. The summed E-state index contributed by atoms with van der Waals surface area (Å²) in [6, 6.07) is 7.90. The number of piperidine rings is 1. The van der Waals surface area contributed by atoms with Crippen molar-refractivity contribution in [1.82, 2.24) is 15.1 Å². The van der Waals surface area contributed by atoms with Crippen molar-refractivity contribution in [1.29, 1.82) is 0 Å². The van der Waals surface area contributed by atoms with Gasteiger partial charge in [-0.3, -0.25) is 4.90 Å². The Morgan fingerprint density at radius 2 is 2.20 bits per heavy atom. The standard InChI is InChI=1S/C23H30N4O3/c1-4-18-8-9-20(21(14-18)30-16-29-5-2)23-17(3)13-22(25-26-23)24-19-7-6-10-27(15-19)11-12-28/h1,8-9,13-14,19,28H,5-7,10-12,15-16H2,2-3H3,(H,24,25). The zero-order valence-electron chi connectivity index (χ0n) is 17.7. The first-order valence-corrected chi connectivity index (χ1v) is 10.4. The van der Waals surface area contributed by atoms with Gasteiger partial charge in [0.1, 0.15) is 11.6 Å². The fourth-order valence-corrected chi connectivity index (χ4v) is 3.66. The number of ether oxygens (including phenoxy) is 2. The van der Waals surface area contributed by atoms with E-state index in [1.54, 1.807) is 0 Å². The molecule has 1 aliphatic rings. The molecule has 1 aromatic heterocycles. The second-order valence-corrected chi connectivity index (χ2v) is 7.38. The number of aliphatic hydroxyl groups is 1. The molecule has 0 aliphatic carbocycles. The molecule has 0 spiro atoms. The number of β-amino-alcohol motifs (C(OH)–C–C–N with tert-alkyl or cyclic N) is 1. The van der Waals surface area contributed by atoms with Gasteiger partial charge in [-0.1, -0.05) is 5.92 Å². The van der Waals surface area contributed by atoms with Gasteiger partial charge in [-0.05, 0) is 63.1 Å². The van der Waals surface area contributed by atoms with Crippen LogP contribution in [0.3, 0.4) is 0 Å². The van der Waals surface area contributed by atoms with E-state index in [1.165, 1.54) is 0 Å². The molecule has 0 saturated carbocycles. The maximum Gasteiger partial charge on any atom is 0.189 e. The lowest BCUT2D eigenvalue weighted by Crippen LogP contribution is -2.43. The number of hydrogen-bond acceptors (Lipinski definition) is 7. The highest BCUT2D eigenvalue weighted by Crippen LogP contribution is 2.32. The van der Waals surface area contributed by atoms with Gasteiger partial charge in [-0.2, -0.15) is 0 Å². The first-order valence-electron chi connectivity index (χ1n) is 10.4. The molecule has 1 unspecified atom stereocenters. The Hall–Kier alpha value is -2.66. The second kappa shape index (κ2) is 10.9. The number of nitrogens with one attached hydrogen (secondary N) is 1. The first-order chi connectivity index (χ1) is 14.6. The van der Waals surface area contributed by atoms with E-state index in [9.17, 15) is 5.11 Å². The summed E-state index contributed by atoms with van der Waals surface area (Å²) in [6.45, 7) is 7.46. The summed E-state index contributed by atoms with van der Waals surface area (Å²) in [7, 11) is 0. The van der Waals surface area contributed by atoms with Crippen molar-refractivity contribution in [3.8, 4) is 29.4 Å². The Balaban J connectivity index is 1.77. The number of anilines is 1. The van der Waals surface area contributed by atoms with E-state index in [1.807, 2.05) is 38.1 Å². The zero-order chi connectivity index (χ0) is 21.3. The monoisotopic (exact) mass is 410 g/mol. The van der Waals surface area contributed by atoms with Crippen LogP contribution in [0.2, 0.25) is 0 Å². The molecule has 7 nitrogen and oxygen atoms in total. The first kappa shape index (κ1) is 22.0. The molecule has 1 atom stereocenters. The molecular formula is C23H30N4O3. The van der Waals surface area contributed by atoms with E-state index in [-0.39, 0.29) is 13.4 Å². The summed E-state index contributed by atoms with van der Waals surface area (Å²) >= 11 is 0. The molecule has 1 aromatic carbocycles. The number of aromatic nitrogens is 2. The van der Waals surface area contributed by atoms with E-state index >= 15 is 0 Å². The molecule has 2 aromatic rings. The van der Waals surface area contributed by atoms with Gasteiger partial charge in [0, 0.05) is 36.9 Å². The molecule has 0 bridgehead atoms. The predicted octanol–water partition coefficient (Wildman–Crippen LogP) is 2.67. The number of benzene rings is 1. The van der Waals surface area contributed by atoms with Crippen molar-refractivity contribution >= 4 is 5.82 Å². The highest BCUT2D eigenvalue weighted by atomic mass is 16.7. The molecule has 2 N–H and O–H groups in total. The maximum absolute atomic E-state index is 9.18. The number of rotatable bonds is 9. The minimum Gasteiger partial charge on any atom is -0.467 e. The third kappa shape index (κ3) is 5.70. The van der Waals surface area contributed by atoms with Crippen LogP contribution in [0.4, 0.5) is 5.82 Å². The molecule has 1 saturated heterocycles. The number of aryl methyl sites for hydroxylation is 1. The molecule has 7 heteroatoms. The third-order valence-electron chi connectivity index (χ3n) is 5.16. The van der Waals surface area contributed by atoms with Gasteiger partial charge >= 0.3 is 0 Å². The van der Waals surface area contributed by atoms with E-state index in [2.05, 4.69) is 26.3 Å². The molecule has 0 amide bonds. The molecule has 0 radical (unpaired) electrons. The zero-order valence-corrected chi connectivity index (χ0v) is 17.7. The van der Waals surface area contributed by atoms with Gasteiger partial charge in [0.2, 0.25) is 0 Å². The minimum atomic E-state index is 0.148. The van der Waals surface area contributed by atoms with Crippen LogP contribution in [0.5, 0.6) is 5.75 Å². The Bertz CT molecular complexity index is 879. The fourth-order valence-electron chi connectivity index (χ4n) is 3.66. The van der Waals surface area contributed by atoms with Crippen molar-refractivity contribution < 1.29 is 14.6 Å². The van der Waals surface area contributed by atoms with E-state index < -0.39 is 0 Å². The molecule has 3 rings (SSSR count). The molecule has 2 heterocycles. The van der Waals surface area contributed by atoms with Crippen LogP contribution >= 0.6 is 0 Å². The van der Waals surface area contributed by atoms with Crippen molar-refractivity contribution in [3.63, 3.8) is 0 Å². The second-order valence-electron chi connectivity index (χ2n) is 7.38. The fraction of sp³-hybridized carbons (Fsp3) is 0.478. The van der Waals surface area contributed by atoms with Crippen LogP contribution in [0.25, 0.3) is 11.3 Å². The van der Waals surface area contributed by atoms with Gasteiger partial charge in [0.15, 0.2) is 6.79 Å². The Labute approximate surface area is 178 Å². The lowest BCUT2D eigenvalue weighted by atomic mass is 10.0. The summed E-state index contributed by atoms with van der Waals surface area (Å²) < 4.78 is 11.1. The lowest BCUT2D eigenvalue weighted by Gasteiger charge is -2.32.